The standard InChI is InChI=1S/C31H28ClN3O4S2/c1-2-3-7-17-39-24-12-8-11-22(18-24)26-25(27(36)21-13-15-23(32)16-14-21)28(37)29(38)35(26)30-33-34-31(41-30)40-19-20-9-5-4-6-10-20/h4-6,8-16,18,26,36H,2-3,7,17,19H2,1H3. The number of amides is 1. The predicted octanol–water partition coefficient (Wildman–Crippen LogP) is 7.68. The molecular weight excluding hydrogens is 578 g/mol. The Morgan fingerprint density at radius 2 is 1.80 bits per heavy atom. The zero-order chi connectivity index (χ0) is 28.8. The lowest BCUT2D eigenvalue weighted by atomic mass is 9.95. The smallest absolute Gasteiger partial charge is 0.301 e. The molecule has 3 aromatic carbocycles. The molecule has 0 saturated carbocycles. The SMILES string of the molecule is CCCCCOc1cccc(C2C(=C(O)c3ccc(Cl)cc3)C(=O)C(=O)N2c2nnc(SCc3ccccc3)s2)c1. The van der Waals surface area contributed by atoms with Gasteiger partial charge in [0.15, 0.2) is 4.34 Å². The van der Waals surface area contributed by atoms with Crippen LogP contribution in [-0.4, -0.2) is 33.6 Å². The Hall–Kier alpha value is -3.66. The Labute approximate surface area is 251 Å². The molecule has 0 radical (unpaired) electrons. The van der Waals surface area contributed by atoms with Gasteiger partial charge in [-0.1, -0.05) is 96.9 Å². The summed E-state index contributed by atoms with van der Waals surface area (Å²) in [5.74, 6) is -0.566. The van der Waals surface area contributed by atoms with E-state index in [1.54, 1.807) is 30.3 Å². The van der Waals surface area contributed by atoms with Crippen LogP contribution in [0, 0.1) is 0 Å². The molecule has 1 aromatic heterocycles. The number of carbonyl (C=O) groups is 2. The maximum Gasteiger partial charge on any atom is 0.301 e. The van der Waals surface area contributed by atoms with E-state index in [0.29, 0.717) is 38.6 Å². The van der Waals surface area contributed by atoms with Crippen molar-refractivity contribution >= 4 is 57.3 Å². The highest BCUT2D eigenvalue weighted by atomic mass is 35.5. The first-order valence-corrected chi connectivity index (χ1v) is 15.4. The van der Waals surface area contributed by atoms with Crippen LogP contribution < -0.4 is 9.64 Å². The first kappa shape index (κ1) is 28.9. The van der Waals surface area contributed by atoms with E-state index < -0.39 is 17.7 Å². The summed E-state index contributed by atoms with van der Waals surface area (Å²) in [5, 5.41) is 20.7. The quantitative estimate of drug-likeness (QED) is 0.0468. The number of anilines is 1. The van der Waals surface area contributed by atoms with E-state index >= 15 is 0 Å². The molecule has 0 spiro atoms. The zero-order valence-electron chi connectivity index (χ0n) is 22.3. The minimum Gasteiger partial charge on any atom is -0.507 e. The topological polar surface area (TPSA) is 92.6 Å². The van der Waals surface area contributed by atoms with Crippen LogP contribution >= 0.6 is 34.7 Å². The fourth-order valence-electron chi connectivity index (χ4n) is 4.50. The number of carbonyl (C=O) groups excluding carboxylic acids is 2. The number of aromatic nitrogens is 2. The van der Waals surface area contributed by atoms with Crippen LogP contribution in [0.1, 0.15) is 48.9 Å². The van der Waals surface area contributed by atoms with E-state index in [9.17, 15) is 14.7 Å². The number of thioether (sulfide) groups is 1. The van der Waals surface area contributed by atoms with Crippen LogP contribution in [0.25, 0.3) is 5.76 Å². The highest BCUT2D eigenvalue weighted by molar-refractivity contribution is 8.00. The minimum atomic E-state index is -0.926. The Bertz CT molecular complexity index is 1560. The average molecular weight is 606 g/mol. The molecule has 5 rings (SSSR count). The summed E-state index contributed by atoms with van der Waals surface area (Å²) in [5.41, 5.74) is 2.09. The fourth-order valence-corrected chi connectivity index (χ4v) is 6.45. The molecule has 1 N–H and O–H groups in total. The van der Waals surface area contributed by atoms with Crippen molar-refractivity contribution in [2.75, 3.05) is 11.5 Å². The van der Waals surface area contributed by atoms with E-state index in [1.807, 2.05) is 48.5 Å². The number of ketones is 1. The summed E-state index contributed by atoms with van der Waals surface area (Å²) in [6, 6.07) is 22.8. The number of hydrogen-bond donors (Lipinski definition) is 1. The third-order valence-corrected chi connectivity index (χ3v) is 8.94. The summed E-state index contributed by atoms with van der Waals surface area (Å²) < 4.78 is 6.63. The van der Waals surface area contributed by atoms with Crippen LogP contribution in [0.2, 0.25) is 5.02 Å². The van der Waals surface area contributed by atoms with Crippen molar-refractivity contribution < 1.29 is 19.4 Å². The van der Waals surface area contributed by atoms with Gasteiger partial charge in [0.1, 0.15) is 11.5 Å². The van der Waals surface area contributed by atoms with Gasteiger partial charge in [0, 0.05) is 16.3 Å². The molecule has 1 aliphatic rings. The average Bonchev–Trinajstić information content (AvgIpc) is 3.57. The summed E-state index contributed by atoms with van der Waals surface area (Å²) in [7, 11) is 0. The first-order chi connectivity index (χ1) is 20.0. The Balaban J connectivity index is 1.52. The number of nitrogens with zero attached hydrogens (tertiary/aromatic N) is 3. The molecule has 1 unspecified atom stereocenters. The molecule has 1 saturated heterocycles. The van der Waals surface area contributed by atoms with Gasteiger partial charge in [-0.25, -0.2) is 0 Å². The van der Waals surface area contributed by atoms with Crippen LogP contribution in [0.15, 0.2) is 88.8 Å². The lowest BCUT2D eigenvalue weighted by molar-refractivity contribution is -0.132. The molecule has 41 heavy (non-hydrogen) atoms. The number of unbranched alkanes of at least 4 members (excludes halogenated alkanes) is 2. The molecule has 1 aliphatic heterocycles. The van der Waals surface area contributed by atoms with Crippen molar-refractivity contribution in [1.82, 2.24) is 10.2 Å². The largest absolute Gasteiger partial charge is 0.507 e. The number of benzene rings is 3. The Morgan fingerprint density at radius 3 is 2.56 bits per heavy atom. The van der Waals surface area contributed by atoms with Crippen molar-refractivity contribution in [2.45, 2.75) is 42.3 Å². The third-order valence-electron chi connectivity index (χ3n) is 6.56. The maximum absolute atomic E-state index is 13.5. The van der Waals surface area contributed by atoms with Gasteiger partial charge < -0.3 is 9.84 Å². The molecule has 1 amide bonds. The van der Waals surface area contributed by atoms with Crippen molar-refractivity contribution in [1.29, 1.82) is 0 Å². The second kappa shape index (κ2) is 13.3. The summed E-state index contributed by atoms with van der Waals surface area (Å²) in [4.78, 5) is 28.3. The van der Waals surface area contributed by atoms with Gasteiger partial charge in [-0.05, 0) is 53.9 Å². The Morgan fingerprint density at radius 1 is 1.02 bits per heavy atom. The minimum absolute atomic E-state index is 0.0332. The van der Waals surface area contributed by atoms with Gasteiger partial charge in [0.05, 0.1) is 18.2 Å². The van der Waals surface area contributed by atoms with Crippen LogP contribution in [0.3, 0.4) is 0 Å². The summed E-state index contributed by atoms with van der Waals surface area (Å²) in [6.07, 6.45) is 3.06. The number of aliphatic hydroxyl groups is 1. The van der Waals surface area contributed by atoms with Crippen LogP contribution in [-0.2, 0) is 15.3 Å². The Kier molecular flexibility index (Phi) is 9.38. The van der Waals surface area contributed by atoms with Crippen molar-refractivity contribution in [3.05, 3.63) is 106 Å². The number of halogens is 1. The third kappa shape index (κ3) is 6.64. The van der Waals surface area contributed by atoms with Gasteiger partial charge >= 0.3 is 5.91 Å². The molecule has 0 aliphatic carbocycles. The molecular formula is C31H28ClN3O4S2. The van der Waals surface area contributed by atoms with Crippen molar-refractivity contribution in [3.63, 3.8) is 0 Å². The van der Waals surface area contributed by atoms with E-state index in [0.717, 1.165) is 24.8 Å². The predicted molar refractivity (Wildman–Crippen MR) is 164 cm³/mol. The summed E-state index contributed by atoms with van der Waals surface area (Å²) in [6.45, 7) is 2.68. The molecule has 210 valence electrons. The van der Waals surface area contributed by atoms with E-state index in [-0.39, 0.29) is 16.5 Å². The molecule has 1 fully saturated rings. The van der Waals surface area contributed by atoms with Crippen LogP contribution in [0.4, 0.5) is 5.13 Å². The van der Waals surface area contributed by atoms with Gasteiger partial charge in [0.25, 0.3) is 5.78 Å². The number of hydrogen-bond acceptors (Lipinski definition) is 8. The van der Waals surface area contributed by atoms with E-state index in [4.69, 9.17) is 16.3 Å². The molecule has 7 nitrogen and oxygen atoms in total. The van der Waals surface area contributed by atoms with Crippen molar-refractivity contribution in [2.24, 2.45) is 0 Å². The van der Waals surface area contributed by atoms with Gasteiger partial charge in [-0.2, -0.15) is 0 Å². The van der Waals surface area contributed by atoms with Gasteiger partial charge in [-0.15, -0.1) is 10.2 Å². The first-order valence-electron chi connectivity index (χ1n) is 13.3. The second-order valence-electron chi connectivity index (χ2n) is 9.43. The molecule has 4 aromatic rings. The number of Topliss-reactive ketones (excluding diaryl/α,β-unsaturated/α-hetero) is 1. The van der Waals surface area contributed by atoms with Crippen LogP contribution in [0.5, 0.6) is 5.75 Å². The van der Waals surface area contributed by atoms with Gasteiger partial charge in [-0.3, -0.25) is 14.5 Å². The molecule has 0 bridgehead atoms. The second-order valence-corrected chi connectivity index (χ2v) is 12.0. The lowest BCUT2D eigenvalue weighted by Gasteiger charge is -2.23. The van der Waals surface area contributed by atoms with Crippen molar-refractivity contribution in [3.8, 4) is 5.75 Å². The number of rotatable bonds is 11. The van der Waals surface area contributed by atoms with Gasteiger partial charge in [0.2, 0.25) is 5.13 Å². The molecule has 10 heteroatoms. The highest BCUT2D eigenvalue weighted by Crippen LogP contribution is 2.44. The maximum atomic E-state index is 13.5. The number of aliphatic hydroxyl groups excluding tert-OH is 1. The zero-order valence-corrected chi connectivity index (χ0v) is 24.7. The molecule has 1 atom stereocenters. The fraction of sp³-hybridized carbons (Fsp3) is 0.226. The molecule has 2 heterocycles. The normalized spacial score (nSPS) is 16.3. The van der Waals surface area contributed by atoms with E-state index in [1.165, 1.54) is 28.0 Å². The number of ether oxygens (including phenoxy) is 1. The summed E-state index contributed by atoms with van der Waals surface area (Å²) >= 11 is 8.78. The lowest BCUT2D eigenvalue weighted by Crippen LogP contribution is -2.29. The highest BCUT2D eigenvalue weighted by Gasteiger charge is 2.48. The monoisotopic (exact) mass is 605 g/mol. The van der Waals surface area contributed by atoms with E-state index in [2.05, 4.69) is 17.1 Å².